The molecule has 1 heterocycles. The summed E-state index contributed by atoms with van der Waals surface area (Å²) in [5, 5.41) is 7.91. The molecule has 0 saturated carbocycles. The lowest BCUT2D eigenvalue weighted by molar-refractivity contribution is -0.128. The standard InChI is InChI=1S/C31H36N4O4.ClH/c1-20-16-17-23-11-5-6-12-24(23)25(20)18-35-28-14-8-7-13-27(28)34(29(37)15-9-10-21(2)36)19-26(31(35)39)33-30(38)22(3)32-4;/h5-8,11-14,16-17,22,26,32H,9-10,15,18-19H2,1-4H3,(H,33,38);1H. The molecule has 4 rings (SSSR count). The third-order valence-corrected chi connectivity index (χ3v) is 7.35. The van der Waals surface area contributed by atoms with E-state index >= 15 is 0 Å². The first-order valence-electron chi connectivity index (χ1n) is 13.4. The van der Waals surface area contributed by atoms with Crippen molar-refractivity contribution >= 4 is 58.1 Å². The zero-order valence-corrected chi connectivity index (χ0v) is 24.2. The number of hydrogen-bond acceptors (Lipinski definition) is 5. The van der Waals surface area contributed by atoms with Gasteiger partial charge in [0.2, 0.25) is 11.8 Å². The first-order chi connectivity index (χ1) is 18.7. The van der Waals surface area contributed by atoms with Crippen molar-refractivity contribution in [2.24, 2.45) is 0 Å². The van der Waals surface area contributed by atoms with Crippen molar-refractivity contribution in [3.63, 3.8) is 0 Å². The van der Waals surface area contributed by atoms with E-state index in [9.17, 15) is 19.2 Å². The van der Waals surface area contributed by atoms with Crippen LogP contribution in [-0.4, -0.2) is 49.2 Å². The molecule has 0 spiro atoms. The Bertz CT molecular complexity index is 1410. The van der Waals surface area contributed by atoms with Crippen LogP contribution in [0.5, 0.6) is 0 Å². The number of anilines is 2. The second kappa shape index (κ2) is 13.5. The van der Waals surface area contributed by atoms with Gasteiger partial charge in [-0.15, -0.1) is 12.4 Å². The lowest BCUT2D eigenvalue weighted by Crippen LogP contribution is -2.55. The van der Waals surface area contributed by atoms with Crippen LogP contribution in [0.2, 0.25) is 0 Å². The molecule has 8 nitrogen and oxygen atoms in total. The molecule has 3 amide bonds. The van der Waals surface area contributed by atoms with Gasteiger partial charge >= 0.3 is 0 Å². The van der Waals surface area contributed by atoms with E-state index in [0.29, 0.717) is 24.2 Å². The van der Waals surface area contributed by atoms with Crippen LogP contribution in [0.4, 0.5) is 11.4 Å². The molecular formula is C31H37ClN4O4. The van der Waals surface area contributed by atoms with E-state index < -0.39 is 12.1 Å². The van der Waals surface area contributed by atoms with E-state index in [-0.39, 0.29) is 55.4 Å². The Hall–Kier alpha value is -3.75. The van der Waals surface area contributed by atoms with Gasteiger partial charge in [0.05, 0.1) is 30.5 Å². The molecule has 2 unspecified atom stereocenters. The zero-order valence-electron chi connectivity index (χ0n) is 23.4. The number of carbonyl (C=O) groups excluding carboxylic acids is 4. The number of nitrogens with zero attached hydrogens (tertiary/aromatic N) is 2. The van der Waals surface area contributed by atoms with Crippen LogP contribution >= 0.6 is 12.4 Å². The van der Waals surface area contributed by atoms with Crippen LogP contribution in [0.3, 0.4) is 0 Å². The number of carbonyl (C=O) groups is 4. The number of hydrogen-bond donors (Lipinski definition) is 2. The molecule has 3 aromatic carbocycles. The van der Waals surface area contributed by atoms with Gasteiger partial charge in [0.15, 0.2) is 0 Å². The van der Waals surface area contributed by atoms with Crippen LogP contribution in [0.1, 0.15) is 44.2 Å². The molecule has 1 aliphatic rings. The average molecular weight is 565 g/mol. The number of para-hydroxylation sites is 2. The summed E-state index contributed by atoms with van der Waals surface area (Å²) in [4.78, 5) is 55.3. The minimum absolute atomic E-state index is 0. The van der Waals surface area contributed by atoms with Gasteiger partial charge in [-0.25, -0.2) is 0 Å². The van der Waals surface area contributed by atoms with E-state index in [4.69, 9.17) is 0 Å². The fourth-order valence-corrected chi connectivity index (χ4v) is 4.96. The zero-order chi connectivity index (χ0) is 28.1. The van der Waals surface area contributed by atoms with Gasteiger partial charge in [-0.3, -0.25) is 14.4 Å². The lowest BCUT2D eigenvalue weighted by atomic mass is 9.99. The van der Waals surface area contributed by atoms with E-state index in [1.807, 2.05) is 61.5 Å². The maximum atomic E-state index is 14.2. The van der Waals surface area contributed by atoms with E-state index in [2.05, 4.69) is 16.7 Å². The van der Waals surface area contributed by atoms with Crippen molar-refractivity contribution < 1.29 is 19.2 Å². The number of aryl methyl sites for hydroxylation is 1. The van der Waals surface area contributed by atoms with Crippen molar-refractivity contribution in [1.29, 1.82) is 0 Å². The largest absolute Gasteiger partial charge is 0.341 e. The summed E-state index contributed by atoms with van der Waals surface area (Å²) in [5.41, 5.74) is 3.26. The minimum Gasteiger partial charge on any atom is -0.341 e. The summed E-state index contributed by atoms with van der Waals surface area (Å²) in [6.45, 7) is 5.53. The molecule has 0 aromatic heterocycles. The van der Waals surface area contributed by atoms with Gasteiger partial charge in [-0.1, -0.05) is 48.5 Å². The van der Waals surface area contributed by atoms with E-state index in [0.717, 1.165) is 21.9 Å². The number of benzene rings is 3. The number of fused-ring (bicyclic) bond motifs is 2. The van der Waals surface area contributed by atoms with E-state index in [1.165, 1.54) is 6.92 Å². The Morgan fingerprint density at radius 2 is 1.65 bits per heavy atom. The molecule has 0 bridgehead atoms. The molecule has 3 aromatic rings. The molecule has 0 saturated heterocycles. The normalized spacial score (nSPS) is 15.6. The van der Waals surface area contributed by atoms with Gasteiger partial charge in [-0.05, 0) is 68.3 Å². The third-order valence-electron chi connectivity index (χ3n) is 7.35. The van der Waals surface area contributed by atoms with Crippen LogP contribution in [0, 0.1) is 6.92 Å². The van der Waals surface area contributed by atoms with Gasteiger partial charge in [0.1, 0.15) is 11.8 Å². The van der Waals surface area contributed by atoms with Gasteiger partial charge in [0, 0.05) is 12.8 Å². The summed E-state index contributed by atoms with van der Waals surface area (Å²) >= 11 is 0. The molecule has 0 radical (unpaired) electrons. The first-order valence-corrected chi connectivity index (χ1v) is 13.4. The third kappa shape index (κ3) is 6.69. The monoisotopic (exact) mass is 564 g/mol. The predicted molar refractivity (Wildman–Crippen MR) is 161 cm³/mol. The Morgan fingerprint density at radius 1 is 0.975 bits per heavy atom. The number of ketones is 1. The second-order valence-corrected chi connectivity index (χ2v) is 10.1. The topological polar surface area (TPSA) is 98.8 Å². The number of Topliss-reactive ketones (excluding diaryl/α,β-unsaturated/α-hetero) is 1. The van der Waals surface area contributed by atoms with Crippen LogP contribution < -0.4 is 20.4 Å². The summed E-state index contributed by atoms with van der Waals surface area (Å²) in [6.07, 6.45) is 0.901. The van der Waals surface area contributed by atoms with Crippen molar-refractivity contribution in [3.05, 3.63) is 71.8 Å². The molecule has 1 aliphatic heterocycles. The Labute approximate surface area is 241 Å². The van der Waals surface area contributed by atoms with Gasteiger partial charge in [0.25, 0.3) is 5.91 Å². The number of rotatable bonds is 9. The molecule has 0 aliphatic carbocycles. The molecule has 212 valence electrons. The highest BCUT2D eigenvalue weighted by atomic mass is 35.5. The molecule has 2 N–H and O–H groups in total. The average Bonchev–Trinajstić information content (AvgIpc) is 3.04. The maximum absolute atomic E-state index is 14.2. The number of likely N-dealkylation sites (N-methyl/N-ethyl adjacent to an activating group) is 1. The van der Waals surface area contributed by atoms with Crippen LogP contribution in [0.25, 0.3) is 10.8 Å². The highest BCUT2D eigenvalue weighted by Gasteiger charge is 2.37. The summed E-state index contributed by atoms with van der Waals surface area (Å²) in [6, 6.07) is 18.0. The van der Waals surface area contributed by atoms with Crippen molar-refractivity contribution in [1.82, 2.24) is 10.6 Å². The molecule has 9 heteroatoms. The summed E-state index contributed by atoms with van der Waals surface area (Å²) < 4.78 is 0. The Kier molecular flexibility index (Phi) is 10.4. The predicted octanol–water partition coefficient (Wildman–Crippen LogP) is 4.30. The van der Waals surface area contributed by atoms with Gasteiger partial charge in [-0.2, -0.15) is 0 Å². The summed E-state index contributed by atoms with van der Waals surface area (Å²) in [7, 11) is 1.68. The second-order valence-electron chi connectivity index (χ2n) is 10.1. The minimum atomic E-state index is -0.951. The summed E-state index contributed by atoms with van der Waals surface area (Å²) in [5.74, 6) is -0.782. The van der Waals surface area contributed by atoms with Crippen molar-refractivity contribution in [2.45, 2.75) is 58.7 Å². The molecule has 40 heavy (non-hydrogen) atoms. The Balaban J connectivity index is 0.00000441. The smallest absolute Gasteiger partial charge is 0.251 e. The van der Waals surface area contributed by atoms with Gasteiger partial charge < -0.3 is 25.2 Å². The van der Waals surface area contributed by atoms with Crippen molar-refractivity contribution in [2.75, 3.05) is 23.4 Å². The lowest BCUT2D eigenvalue weighted by Gasteiger charge is -2.27. The highest BCUT2D eigenvalue weighted by Crippen LogP contribution is 2.36. The van der Waals surface area contributed by atoms with Crippen LogP contribution in [0.15, 0.2) is 60.7 Å². The quantitative estimate of drug-likeness (QED) is 0.404. The molecule has 0 fully saturated rings. The first kappa shape index (κ1) is 30.8. The number of amides is 3. The Morgan fingerprint density at radius 3 is 2.35 bits per heavy atom. The fraction of sp³-hybridized carbons (Fsp3) is 0.355. The van der Waals surface area contributed by atoms with Crippen molar-refractivity contribution in [3.8, 4) is 0 Å². The number of halogens is 1. The van der Waals surface area contributed by atoms with E-state index in [1.54, 1.807) is 23.8 Å². The molecule has 2 atom stereocenters. The highest BCUT2D eigenvalue weighted by molar-refractivity contribution is 6.08. The van der Waals surface area contributed by atoms with Crippen LogP contribution in [-0.2, 0) is 25.7 Å². The number of nitrogens with one attached hydrogen (secondary N) is 2. The maximum Gasteiger partial charge on any atom is 0.251 e. The fourth-order valence-electron chi connectivity index (χ4n) is 4.96. The molecular weight excluding hydrogens is 528 g/mol. The SMILES string of the molecule is CNC(C)C(=O)NC1CN(C(=O)CCCC(C)=O)c2ccccc2N(Cc2c(C)ccc3ccccc23)C1=O.Cl.